The zero-order chi connectivity index (χ0) is 12.0. The van der Waals surface area contributed by atoms with Crippen molar-refractivity contribution in [3.63, 3.8) is 0 Å². The van der Waals surface area contributed by atoms with Crippen LogP contribution in [0.3, 0.4) is 0 Å². The average Bonchev–Trinajstić information content (AvgIpc) is 2.67. The number of nitrogen functional groups attached to an aromatic ring is 1. The van der Waals surface area contributed by atoms with Gasteiger partial charge in [0, 0.05) is 17.6 Å². The molecule has 2 N–H and O–H groups in total. The van der Waals surface area contributed by atoms with Crippen molar-refractivity contribution in [2.24, 2.45) is 5.92 Å². The second-order valence-corrected chi connectivity index (χ2v) is 5.17. The molecule has 2 aromatic rings. The van der Waals surface area contributed by atoms with E-state index >= 15 is 0 Å². The fourth-order valence-corrected chi connectivity index (χ4v) is 2.91. The Hall–Kier alpha value is -1.51. The molecule has 17 heavy (non-hydrogen) atoms. The van der Waals surface area contributed by atoms with Gasteiger partial charge in [-0.25, -0.2) is 4.98 Å². The van der Waals surface area contributed by atoms with Crippen LogP contribution in [0.2, 0.25) is 0 Å². The highest BCUT2D eigenvalue weighted by atomic mass is 15.0. The molecule has 0 aromatic carbocycles. The van der Waals surface area contributed by atoms with Gasteiger partial charge in [-0.15, -0.1) is 0 Å². The Kier molecular flexibility index (Phi) is 2.35. The Morgan fingerprint density at radius 1 is 1.53 bits per heavy atom. The summed E-state index contributed by atoms with van der Waals surface area (Å²) in [7, 11) is 0. The molecule has 0 saturated carbocycles. The number of rotatable bonds is 1. The Bertz CT molecular complexity index is 568. The molecule has 0 fully saturated rings. The van der Waals surface area contributed by atoms with Crippen LogP contribution in [0.15, 0.2) is 12.3 Å². The van der Waals surface area contributed by atoms with Gasteiger partial charge in [0.2, 0.25) is 0 Å². The molecule has 3 heteroatoms. The molecule has 3 rings (SSSR count). The van der Waals surface area contributed by atoms with E-state index < -0.39 is 0 Å². The van der Waals surface area contributed by atoms with Crippen LogP contribution >= 0.6 is 0 Å². The van der Waals surface area contributed by atoms with Gasteiger partial charge in [0.15, 0.2) is 0 Å². The topological polar surface area (TPSA) is 43.3 Å². The van der Waals surface area contributed by atoms with Gasteiger partial charge in [-0.05, 0) is 43.7 Å². The van der Waals surface area contributed by atoms with E-state index in [0.29, 0.717) is 0 Å². The summed E-state index contributed by atoms with van der Waals surface area (Å²) in [5.74, 6) is 0.809. The van der Waals surface area contributed by atoms with Crippen LogP contribution < -0.4 is 5.73 Å². The average molecular weight is 229 g/mol. The molecule has 0 bridgehead atoms. The van der Waals surface area contributed by atoms with Crippen molar-refractivity contribution in [3.05, 3.63) is 29.2 Å². The number of nitrogens with two attached hydrogens (primary N) is 1. The quantitative estimate of drug-likeness (QED) is 0.817. The molecule has 1 aliphatic rings. The van der Waals surface area contributed by atoms with E-state index in [0.717, 1.165) is 30.1 Å². The SMILES string of the molecule is CCC1CCc2nc3c(C)cc(N)cn3c2C1. The predicted octanol–water partition coefficient (Wildman–Crippen LogP) is 2.74. The van der Waals surface area contributed by atoms with Gasteiger partial charge in [0.05, 0.1) is 5.69 Å². The van der Waals surface area contributed by atoms with Crippen LogP contribution in [0, 0.1) is 12.8 Å². The molecule has 90 valence electrons. The van der Waals surface area contributed by atoms with Crippen molar-refractivity contribution in [1.29, 1.82) is 0 Å². The molecule has 0 aliphatic heterocycles. The highest BCUT2D eigenvalue weighted by Crippen LogP contribution is 2.29. The van der Waals surface area contributed by atoms with E-state index in [1.165, 1.54) is 29.8 Å². The lowest BCUT2D eigenvalue weighted by Gasteiger charge is -2.20. The summed E-state index contributed by atoms with van der Waals surface area (Å²) in [6, 6.07) is 2.01. The third-order valence-electron chi connectivity index (χ3n) is 3.96. The molecule has 0 saturated heterocycles. The summed E-state index contributed by atoms with van der Waals surface area (Å²) >= 11 is 0. The van der Waals surface area contributed by atoms with E-state index in [9.17, 15) is 0 Å². The Morgan fingerprint density at radius 2 is 2.35 bits per heavy atom. The van der Waals surface area contributed by atoms with E-state index in [-0.39, 0.29) is 0 Å². The molecule has 1 unspecified atom stereocenters. The van der Waals surface area contributed by atoms with Crippen molar-refractivity contribution in [1.82, 2.24) is 9.38 Å². The zero-order valence-electron chi connectivity index (χ0n) is 10.5. The number of pyridine rings is 1. The normalized spacial score (nSPS) is 19.5. The highest BCUT2D eigenvalue weighted by molar-refractivity contribution is 5.57. The Morgan fingerprint density at radius 3 is 3.12 bits per heavy atom. The fourth-order valence-electron chi connectivity index (χ4n) is 2.91. The van der Waals surface area contributed by atoms with Crippen LogP contribution in [-0.2, 0) is 12.8 Å². The maximum atomic E-state index is 5.94. The molecular weight excluding hydrogens is 210 g/mol. The fraction of sp³-hybridized carbons (Fsp3) is 0.500. The standard InChI is InChI=1S/C14H19N3/c1-3-10-4-5-12-13(7-10)17-8-11(15)6-9(2)14(17)16-12/h6,8,10H,3-5,7,15H2,1-2H3. The summed E-state index contributed by atoms with van der Waals surface area (Å²) < 4.78 is 2.21. The third-order valence-corrected chi connectivity index (χ3v) is 3.96. The first-order valence-electron chi connectivity index (χ1n) is 6.45. The van der Waals surface area contributed by atoms with Gasteiger partial charge in [-0.2, -0.15) is 0 Å². The van der Waals surface area contributed by atoms with Crippen molar-refractivity contribution in [3.8, 4) is 0 Å². The molecule has 3 nitrogen and oxygen atoms in total. The molecule has 1 aliphatic carbocycles. The first-order chi connectivity index (χ1) is 8.19. The Labute approximate surface area is 102 Å². The summed E-state index contributed by atoms with van der Waals surface area (Å²) in [5, 5.41) is 0. The Balaban J connectivity index is 2.20. The number of nitrogens with zero attached hydrogens (tertiary/aromatic N) is 2. The van der Waals surface area contributed by atoms with Gasteiger partial charge in [0.1, 0.15) is 5.65 Å². The lowest BCUT2D eigenvalue weighted by atomic mass is 9.88. The summed E-state index contributed by atoms with van der Waals surface area (Å²) in [5.41, 5.74) is 11.7. The number of hydrogen-bond donors (Lipinski definition) is 1. The van der Waals surface area contributed by atoms with Crippen molar-refractivity contribution < 1.29 is 0 Å². The highest BCUT2D eigenvalue weighted by Gasteiger charge is 2.22. The molecule has 0 amide bonds. The maximum Gasteiger partial charge on any atom is 0.140 e. The third kappa shape index (κ3) is 1.61. The van der Waals surface area contributed by atoms with Crippen LogP contribution in [0.25, 0.3) is 5.65 Å². The van der Waals surface area contributed by atoms with Gasteiger partial charge in [-0.3, -0.25) is 0 Å². The van der Waals surface area contributed by atoms with E-state index in [2.05, 4.69) is 18.2 Å². The number of imidazole rings is 1. The summed E-state index contributed by atoms with van der Waals surface area (Å²) in [6.07, 6.45) is 6.83. The van der Waals surface area contributed by atoms with E-state index in [1.54, 1.807) is 0 Å². The van der Waals surface area contributed by atoms with Crippen molar-refractivity contribution in [2.45, 2.75) is 39.5 Å². The molecule has 2 aromatic heterocycles. The van der Waals surface area contributed by atoms with Gasteiger partial charge < -0.3 is 10.1 Å². The zero-order valence-corrected chi connectivity index (χ0v) is 10.5. The summed E-state index contributed by atoms with van der Waals surface area (Å²) in [6.45, 7) is 4.36. The molecular formula is C14H19N3. The minimum absolute atomic E-state index is 0.809. The smallest absolute Gasteiger partial charge is 0.140 e. The lowest BCUT2D eigenvalue weighted by molar-refractivity contribution is 0.435. The molecule has 2 heterocycles. The molecule has 0 radical (unpaired) electrons. The number of hydrogen-bond acceptors (Lipinski definition) is 2. The number of aromatic nitrogens is 2. The monoisotopic (exact) mass is 229 g/mol. The van der Waals surface area contributed by atoms with Crippen molar-refractivity contribution >= 4 is 11.3 Å². The minimum atomic E-state index is 0.809. The van der Waals surface area contributed by atoms with Gasteiger partial charge >= 0.3 is 0 Å². The lowest BCUT2D eigenvalue weighted by Crippen LogP contribution is -2.14. The minimum Gasteiger partial charge on any atom is -0.398 e. The largest absolute Gasteiger partial charge is 0.398 e. The second kappa shape index (κ2) is 3.76. The molecule has 0 spiro atoms. The van der Waals surface area contributed by atoms with Crippen molar-refractivity contribution in [2.75, 3.05) is 5.73 Å². The number of anilines is 1. The first kappa shape index (κ1) is 10.6. The van der Waals surface area contributed by atoms with Crippen LogP contribution in [-0.4, -0.2) is 9.38 Å². The van der Waals surface area contributed by atoms with E-state index in [1.807, 2.05) is 12.3 Å². The number of aryl methyl sites for hydroxylation is 2. The number of fused-ring (bicyclic) bond motifs is 3. The van der Waals surface area contributed by atoms with E-state index in [4.69, 9.17) is 10.7 Å². The van der Waals surface area contributed by atoms with Gasteiger partial charge in [-0.1, -0.05) is 13.3 Å². The maximum absolute atomic E-state index is 5.94. The van der Waals surface area contributed by atoms with Crippen LogP contribution in [0.5, 0.6) is 0 Å². The van der Waals surface area contributed by atoms with Crippen LogP contribution in [0.4, 0.5) is 5.69 Å². The second-order valence-electron chi connectivity index (χ2n) is 5.17. The van der Waals surface area contributed by atoms with Gasteiger partial charge in [0.25, 0.3) is 0 Å². The predicted molar refractivity (Wildman–Crippen MR) is 70.1 cm³/mol. The van der Waals surface area contributed by atoms with Crippen LogP contribution in [0.1, 0.15) is 36.7 Å². The summed E-state index contributed by atoms with van der Waals surface area (Å²) in [4.78, 5) is 4.77. The molecule has 1 atom stereocenters. The first-order valence-corrected chi connectivity index (χ1v) is 6.45.